The molecule has 0 spiro atoms. The number of rotatable bonds is 5. The maximum atomic E-state index is 13.4. The summed E-state index contributed by atoms with van der Waals surface area (Å²) in [6.45, 7) is 5.93. The molecule has 0 aromatic heterocycles. The Bertz CT molecular complexity index is 408. The molecule has 1 aliphatic heterocycles. The van der Waals surface area contributed by atoms with Crippen molar-refractivity contribution in [2.75, 3.05) is 44.7 Å². The highest BCUT2D eigenvalue weighted by molar-refractivity contribution is 5.45. The van der Waals surface area contributed by atoms with Gasteiger partial charge in [0.1, 0.15) is 5.82 Å². The van der Waals surface area contributed by atoms with Crippen molar-refractivity contribution >= 4 is 5.69 Å². The lowest BCUT2D eigenvalue weighted by Crippen LogP contribution is -2.42. The predicted octanol–water partition coefficient (Wildman–Crippen LogP) is 1.24. The summed E-state index contributed by atoms with van der Waals surface area (Å²) in [5.74, 6) is -0.229. The third kappa shape index (κ3) is 4.45. The molecular weight excluding hydrogens is 247 g/mol. The van der Waals surface area contributed by atoms with Crippen LogP contribution in [0, 0.1) is 12.7 Å². The van der Waals surface area contributed by atoms with E-state index in [4.69, 9.17) is 4.74 Å². The van der Waals surface area contributed by atoms with Crippen molar-refractivity contribution in [2.24, 2.45) is 0 Å². The van der Waals surface area contributed by atoms with E-state index in [1.807, 2.05) is 6.07 Å². The molecule has 1 heterocycles. The SMILES string of the molecule is Cc1ccc(NCC(O)CN2CCOCC2)cc1F. The molecule has 1 saturated heterocycles. The molecule has 4 nitrogen and oxygen atoms in total. The number of nitrogens with zero attached hydrogens (tertiary/aromatic N) is 1. The maximum Gasteiger partial charge on any atom is 0.128 e. The van der Waals surface area contributed by atoms with Crippen LogP contribution in [0.15, 0.2) is 18.2 Å². The van der Waals surface area contributed by atoms with E-state index in [1.165, 1.54) is 6.07 Å². The lowest BCUT2D eigenvalue weighted by atomic mass is 10.2. The Kier molecular flexibility index (Phi) is 5.13. The summed E-state index contributed by atoms with van der Waals surface area (Å²) in [6, 6.07) is 5.00. The number of ether oxygens (including phenoxy) is 1. The van der Waals surface area contributed by atoms with Gasteiger partial charge in [-0.15, -0.1) is 0 Å². The number of hydrogen-bond donors (Lipinski definition) is 2. The maximum absolute atomic E-state index is 13.4. The highest BCUT2D eigenvalue weighted by Gasteiger charge is 2.14. The minimum atomic E-state index is -0.470. The largest absolute Gasteiger partial charge is 0.390 e. The zero-order valence-electron chi connectivity index (χ0n) is 11.2. The van der Waals surface area contributed by atoms with Gasteiger partial charge in [-0.05, 0) is 24.6 Å². The fourth-order valence-electron chi connectivity index (χ4n) is 2.08. The number of hydrogen-bond acceptors (Lipinski definition) is 4. The summed E-state index contributed by atoms with van der Waals surface area (Å²) in [7, 11) is 0. The quantitative estimate of drug-likeness (QED) is 0.843. The first-order valence-corrected chi connectivity index (χ1v) is 6.63. The molecule has 0 amide bonds. The number of anilines is 1. The van der Waals surface area contributed by atoms with Gasteiger partial charge in [0.15, 0.2) is 0 Å². The smallest absolute Gasteiger partial charge is 0.128 e. The van der Waals surface area contributed by atoms with Crippen LogP contribution in [0.3, 0.4) is 0 Å². The summed E-state index contributed by atoms with van der Waals surface area (Å²) in [5, 5.41) is 13.0. The van der Waals surface area contributed by atoms with Crippen molar-refractivity contribution in [2.45, 2.75) is 13.0 Å². The van der Waals surface area contributed by atoms with E-state index in [0.29, 0.717) is 24.3 Å². The third-order valence-electron chi connectivity index (χ3n) is 3.29. The van der Waals surface area contributed by atoms with Gasteiger partial charge in [-0.1, -0.05) is 6.07 Å². The molecule has 0 saturated carbocycles. The molecular formula is C14H21FN2O2. The lowest BCUT2D eigenvalue weighted by Gasteiger charge is -2.28. The Morgan fingerprint density at radius 1 is 1.42 bits per heavy atom. The average molecular weight is 268 g/mol. The Morgan fingerprint density at radius 2 is 2.16 bits per heavy atom. The van der Waals surface area contributed by atoms with Gasteiger partial charge in [0.05, 0.1) is 19.3 Å². The van der Waals surface area contributed by atoms with Gasteiger partial charge in [-0.2, -0.15) is 0 Å². The van der Waals surface area contributed by atoms with Crippen molar-refractivity contribution in [3.63, 3.8) is 0 Å². The van der Waals surface area contributed by atoms with Gasteiger partial charge >= 0.3 is 0 Å². The van der Waals surface area contributed by atoms with Gasteiger partial charge < -0.3 is 15.2 Å². The van der Waals surface area contributed by atoms with E-state index in [0.717, 1.165) is 26.3 Å². The first-order valence-electron chi connectivity index (χ1n) is 6.63. The van der Waals surface area contributed by atoms with Crippen LogP contribution in [0.5, 0.6) is 0 Å². The monoisotopic (exact) mass is 268 g/mol. The zero-order chi connectivity index (χ0) is 13.7. The van der Waals surface area contributed by atoms with Crippen molar-refractivity contribution in [3.05, 3.63) is 29.6 Å². The van der Waals surface area contributed by atoms with E-state index in [-0.39, 0.29) is 5.82 Å². The molecule has 1 unspecified atom stereocenters. The number of aliphatic hydroxyl groups excluding tert-OH is 1. The molecule has 19 heavy (non-hydrogen) atoms. The van der Waals surface area contributed by atoms with Gasteiger partial charge in [0.25, 0.3) is 0 Å². The molecule has 0 radical (unpaired) electrons. The molecule has 106 valence electrons. The molecule has 1 atom stereocenters. The Labute approximate surface area is 113 Å². The fraction of sp³-hybridized carbons (Fsp3) is 0.571. The Hall–Kier alpha value is -1.17. The third-order valence-corrected chi connectivity index (χ3v) is 3.29. The number of halogens is 1. The number of aryl methyl sites for hydroxylation is 1. The fourth-order valence-corrected chi connectivity index (χ4v) is 2.08. The Balaban J connectivity index is 1.75. The highest BCUT2D eigenvalue weighted by Crippen LogP contribution is 2.13. The molecule has 1 aromatic rings. The van der Waals surface area contributed by atoms with Crippen LogP contribution in [-0.2, 0) is 4.74 Å². The molecule has 1 fully saturated rings. The predicted molar refractivity (Wildman–Crippen MR) is 72.9 cm³/mol. The second kappa shape index (κ2) is 6.84. The topological polar surface area (TPSA) is 44.7 Å². The molecule has 5 heteroatoms. The van der Waals surface area contributed by atoms with Crippen LogP contribution in [0.2, 0.25) is 0 Å². The summed E-state index contributed by atoms with van der Waals surface area (Å²) in [5.41, 5.74) is 1.32. The lowest BCUT2D eigenvalue weighted by molar-refractivity contribution is 0.0171. The standard InChI is InChI=1S/C14H21FN2O2/c1-11-2-3-12(8-14(11)15)16-9-13(18)10-17-4-6-19-7-5-17/h2-3,8,13,16,18H,4-7,9-10H2,1H3. The molecule has 0 bridgehead atoms. The van der Waals surface area contributed by atoms with E-state index in [9.17, 15) is 9.50 Å². The first kappa shape index (κ1) is 14.2. The minimum absolute atomic E-state index is 0.229. The summed E-state index contributed by atoms with van der Waals surface area (Å²) in [6.07, 6.45) is -0.470. The molecule has 2 rings (SSSR count). The molecule has 1 aliphatic rings. The molecule has 2 N–H and O–H groups in total. The average Bonchev–Trinajstić information content (AvgIpc) is 2.41. The molecule has 0 aliphatic carbocycles. The van der Waals surface area contributed by atoms with Crippen LogP contribution in [0.25, 0.3) is 0 Å². The normalized spacial score (nSPS) is 18.3. The van der Waals surface area contributed by atoms with Crippen LogP contribution < -0.4 is 5.32 Å². The van der Waals surface area contributed by atoms with Gasteiger partial charge in [-0.25, -0.2) is 4.39 Å². The summed E-state index contributed by atoms with van der Waals surface area (Å²) in [4.78, 5) is 2.17. The van der Waals surface area contributed by atoms with Gasteiger partial charge in [0, 0.05) is 31.9 Å². The van der Waals surface area contributed by atoms with Crippen LogP contribution >= 0.6 is 0 Å². The number of β-amino-alcohol motifs (C(OH)–C–C–N with tert-alkyl or cyclic N) is 1. The number of aliphatic hydroxyl groups is 1. The second-order valence-electron chi connectivity index (χ2n) is 4.91. The first-order chi connectivity index (χ1) is 9.15. The van der Waals surface area contributed by atoms with Crippen LogP contribution in [-0.4, -0.2) is 55.5 Å². The summed E-state index contributed by atoms with van der Waals surface area (Å²) >= 11 is 0. The number of nitrogens with one attached hydrogen (secondary N) is 1. The number of benzene rings is 1. The van der Waals surface area contributed by atoms with Crippen molar-refractivity contribution in [3.8, 4) is 0 Å². The van der Waals surface area contributed by atoms with Crippen LogP contribution in [0.1, 0.15) is 5.56 Å². The molecule has 1 aromatic carbocycles. The van der Waals surface area contributed by atoms with Crippen molar-refractivity contribution < 1.29 is 14.2 Å². The van der Waals surface area contributed by atoms with Crippen LogP contribution in [0.4, 0.5) is 10.1 Å². The van der Waals surface area contributed by atoms with E-state index < -0.39 is 6.10 Å². The highest BCUT2D eigenvalue weighted by atomic mass is 19.1. The van der Waals surface area contributed by atoms with Crippen molar-refractivity contribution in [1.29, 1.82) is 0 Å². The van der Waals surface area contributed by atoms with Gasteiger partial charge in [-0.3, -0.25) is 4.90 Å². The van der Waals surface area contributed by atoms with Crippen molar-refractivity contribution in [1.82, 2.24) is 4.90 Å². The Morgan fingerprint density at radius 3 is 2.84 bits per heavy atom. The zero-order valence-corrected chi connectivity index (χ0v) is 11.2. The second-order valence-corrected chi connectivity index (χ2v) is 4.91. The number of morpholine rings is 1. The van der Waals surface area contributed by atoms with E-state index >= 15 is 0 Å². The minimum Gasteiger partial charge on any atom is -0.390 e. The van der Waals surface area contributed by atoms with E-state index in [1.54, 1.807) is 13.0 Å². The summed E-state index contributed by atoms with van der Waals surface area (Å²) < 4.78 is 18.6. The van der Waals surface area contributed by atoms with E-state index in [2.05, 4.69) is 10.2 Å². The van der Waals surface area contributed by atoms with Gasteiger partial charge in [0.2, 0.25) is 0 Å².